The lowest BCUT2D eigenvalue weighted by atomic mass is 9.94. The van der Waals surface area contributed by atoms with Gasteiger partial charge in [-0.3, -0.25) is 4.79 Å². The van der Waals surface area contributed by atoms with Crippen molar-refractivity contribution in [2.24, 2.45) is 0 Å². The Hall–Kier alpha value is -3.99. The zero-order chi connectivity index (χ0) is 25.8. The number of hydrogen-bond donors (Lipinski definition) is 1. The molecule has 3 aromatic carbocycles. The minimum atomic E-state index is -0.235. The van der Waals surface area contributed by atoms with Gasteiger partial charge in [-0.05, 0) is 76.4 Å². The summed E-state index contributed by atoms with van der Waals surface area (Å²) in [6.07, 6.45) is 3.41. The van der Waals surface area contributed by atoms with Gasteiger partial charge in [-0.15, -0.1) is 0 Å². The van der Waals surface area contributed by atoms with Crippen molar-refractivity contribution in [3.05, 3.63) is 83.1 Å². The van der Waals surface area contributed by atoms with E-state index in [9.17, 15) is 4.79 Å². The molecule has 0 saturated heterocycles. The van der Waals surface area contributed by atoms with Crippen LogP contribution in [0.1, 0.15) is 43.0 Å². The smallest absolute Gasteiger partial charge is 0.248 e. The molecule has 4 rings (SSSR count). The number of carbonyl (C=O) groups excluding carboxylic acids is 1. The van der Waals surface area contributed by atoms with E-state index in [0.29, 0.717) is 24.7 Å². The molecule has 1 N–H and O–H groups in total. The van der Waals surface area contributed by atoms with E-state index < -0.39 is 0 Å². The molecular weight excluding hydrogens is 450 g/mol. The summed E-state index contributed by atoms with van der Waals surface area (Å²) in [4.78, 5) is 13.0. The van der Waals surface area contributed by atoms with Crippen LogP contribution in [0.3, 0.4) is 0 Å². The van der Waals surface area contributed by atoms with E-state index >= 15 is 0 Å². The minimum absolute atomic E-state index is 0.235. The van der Waals surface area contributed by atoms with Crippen molar-refractivity contribution in [1.82, 2.24) is 0 Å². The van der Waals surface area contributed by atoms with Gasteiger partial charge in [0, 0.05) is 28.2 Å². The second kappa shape index (κ2) is 10.7. The molecule has 0 bridgehead atoms. The third-order valence-electron chi connectivity index (χ3n) is 6.22. The maximum absolute atomic E-state index is 13.0. The van der Waals surface area contributed by atoms with Gasteiger partial charge in [-0.25, -0.2) is 0 Å². The molecule has 4 aromatic rings. The number of benzene rings is 3. The molecular formula is C31H33NO4. The zero-order valence-electron chi connectivity index (χ0n) is 21.8. The number of ether oxygens (including phenoxy) is 2. The minimum Gasteiger partial charge on any atom is -0.493 e. The van der Waals surface area contributed by atoms with Crippen molar-refractivity contribution in [2.75, 3.05) is 18.5 Å². The molecule has 0 saturated carbocycles. The fourth-order valence-electron chi connectivity index (χ4n) is 4.56. The molecule has 0 spiro atoms. The lowest BCUT2D eigenvalue weighted by Gasteiger charge is -2.15. The number of allylic oxidation sites excluding steroid dienone is 1. The van der Waals surface area contributed by atoms with E-state index in [1.54, 1.807) is 6.08 Å². The van der Waals surface area contributed by atoms with Crippen LogP contribution in [0.15, 0.2) is 65.3 Å². The number of carbonyl (C=O) groups is 1. The Morgan fingerprint density at radius 1 is 0.972 bits per heavy atom. The van der Waals surface area contributed by atoms with Crippen LogP contribution in [0.5, 0.6) is 11.5 Å². The molecule has 1 heterocycles. The lowest BCUT2D eigenvalue weighted by molar-refractivity contribution is -0.111. The molecule has 0 aliphatic rings. The van der Waals surface area contributed by atoms with Crippen molar-refractivity contribution in [2.45, 2.75) is 41.5 Å². The Bertz CT molecular complexity index is 1440. The molecule has 0 atom stereocenters. The fraction of sp³-hybridized carbons (Fsp3) is 0.258. The van der Waals surface area contributed by atoms with Crippen LogP contribution in [-0.2, 0) is 4.79 Å². The summed E-state index contributed by atoms with van der Waals surface area (Å²) in [7, 11) is 0. The van der Waals surface area contributed by atoms with Gasteiger partial charge in [-0.1, -0.05) is 35.9 Å². The number of rotatable bonds is 8. The number of fused-ring (bicyclic) bond motifs is 1. The van der Waals surface area contributed by atoms with Crippen LogP contribution in [0.25, 0.3) is 27.7 Å². The molecule has 5 heteroatoms. The standard InChI is InChI=1S/C31H33NO4/c1-7-34-28-12-10-9-11-27(28)32-29(33)16-21(5)24-17-25-26(23-14-13-19(3)15-20(23)4)18-36-31(25)22(6)30(24)35-8-2/h9-18H,7-8H2,1-6H3,(H,32,33)/b21-16+. The molecule has 1 aromatic heterocycles. The molecule has 0 radical (unpaired) electrons. The Morgan fingerprint density at radius 3 is 2.44 bits per heavy atom. The summed E-state index contributed by atoms with van der Waals surface area (Å²) >= 11 is 0. The average Bonchev–Trinajstić information content (AvgIpc) is 3.26. The van der Waals surface area contributed by atoms with E-state index in [4.69, 9.17) is 13.9 Å². The number of aryl methyl sites for hydroxylation is 3. The molecule has 186 valence electrons. The molecule has 0 fully saturated rings. The second-order valence-corrected chi connectivity index (χ2v) is 8.90. The Balaban J connectivity index is 1.78. The summed E-state index contributed by atoms with van der Waals surface area (Å²) in [5, 5.41) is 3.94. The molecule has 0 aliphatic heterocycles. The topological polar surface area (TPSA) is 60.7 Å². The molecule has 36 heavy (non-hydrogen) atoms. The Labute approximate surface area is 212 Å². The van der Waals surface area contributed by atoms with Gasteiger partial charge < -0.3 is 19.2 Å². The van der Waals surface area contributed by atoms with Gasteiger partial charge in [0.2, 0.25) is 5.91 Å². The van der Waals surface area contributed by atoms with Crippen LogP contribution in [0, 0.1) is 20.8 Å². The highest BCUT2D eigenvalue weighted by Crippen LogP contribution is 2.41. The highest BCUT2D eigenvalue weighted by atomic mass is 16.5. The monoisotopic (exact) mass is 483 g/mol. The summed E-state index contributed by atoms with van der Waals surface area (Å²) in [5.41, 5.74) is 8.55. The number of para-hydroxylation sites is 2. The van der Waals surface area contributed by atoms with Gasteiger partial charge in [0.25, 0.3) is 0 Å². The van der Waals surface area contributed by atoms with E-state index in [2.05, 4.69) is 43.4 Å². The third kappa shape index (κ3) is 5.01. The number of amides is 1. The molecule has 1 amide bonds. The van der Waals surface area contributed by atoms with E-state index in [1.807, 2.05) is 58.2 Å². The summed E-state index contributed by atoms with van der Waals surface area (Å²) in [6, 6.07) is 15.9. The fourth-order valence-corrected chi connectivity index (χ4v) is 4.56. The SMILES string of the molecule is CCOc1ccccc1NC(=O)/C=C(\C)c1cc2c(-c3ccc(C)cc3C)coc2c(C)c1OCC. The van der Waals surface area contributed by atoms with E-state index in [0.717, 1.165) is 44.5 Å². The number of hydrogen-bond acceptors (Lipinski definition) is 4. The van der Waals surface area contributed by atoms with Crippen molar-refractivity contribution >= 4 is 28.1 Å². The van der Waals surface area contributed by atoms with Crippen molar-refractivity contribution in [3.63, 3.8) is 0 Å². The first-order chi connectivity index (χ1) is 17.3. The van der Waals surface area contributed by atoms with Gasteiger partial charge in [0.15, 0.2) is 0 Å². The maximum Gasteiger partial charge on any atom is 0.248 e. The van der Waals surface area contributed by atoms with Crippen LogP contribution in [-0.4, -0.2) is 19.1 Å². The predicted molar refractivity (Wildman–Crippen MR) is 147 cm³/mol. The molecule has 0 unspecified atom stereocenters. The molecule has 5 nitrogen and oxygen atoms in total. The Morgan fingerprint density at radius 2 is 1.72 bits per heavy atom. The van der Waals surface area contributed by atoms with Gasteiger partial charge in [-0.2, -0.15) is 0 Å². The normalized spacial score (nSPS) is 11.6. The summed E-state index contributed by atoms with van der Waals surface area (Å²) in [6.45, 7) is 13.0. The first-order valence-corrected chi connectivity index (χ1v) is 12.3. The van der Waals surface area contributed by atoms with E-state index in [1.165, 1.54) is 11.1 Å². The van der Waals surface area contributed by atoms with Crippen LogP contribution >= 0.6 is 0 Å². The van der Waals surface area contributed by atoms with Crippen molar-refractivity contribution in [3.8, 4) is 22.6 Å². The van der Waals surface area contributed by atoms with Crippen molar-refractivity contribution < 1.29 is 18.7 Å². The van der Waals surface area contributed by atoms with Gasteiger partial charge in [0.05, 0.1) is 25.2 Å². The number of nitrogens with one attached hydrogen (secondary N) is 1. The summed E-state index contributed by atoms with van der Waals surface area (Å²) < 4.78 is 17.7. The zero-order valence-corrected chi connectivity index (χ0v) is 21.8. The highest BCUT2D eigenvalue weighted by Gasteiger charge is 2.20. The lowest BCUT2D eigenvalue weighted by Crippen LogP contribution is -2.10. The Kier molecular flexibility index (Phi) is 7.49. The van der Waals surface area contributed by atoms with Crippen LogP contribution < -0.4 is 14.8 Å². The number of furan rings is 1. The summed E-state index contributed by atoms with van der Waals surface area (Å²) in [5.74, 6) is 1.13. The molecule has 0 aliphatic carbocycles. The van der Waals surface area contributed by atoms with Crippen molar-refractivity contribution in [1.29, 1.82) is 0 Å². The average molecular weight is 484 g/mol. The van der Waals surface area contributed by atoms with Crippen LogP contribution in [0.2, 0.25) is 0 Å². The van der Waals surface area contributed by atoms with E-state index in [-0.39, 0.29) is 5.91 Å². The predicted octanol–water partition coefficient (Wildman–Crippen LogP) is 7.86. The first-order valence-electron chi connectivity index (χ1n) is 12.3. The number of anilines is 1. The second-order valence-electron chi connectivity index (χ2n) is 8.90. The third-order valence-corrected chi connectivity index (χ3v) is 6.22. The van der Waals surface area contributed by atoms with Gasteiger partial charge >= 0.3 is 0 Å². The highest BCUT2D eigenvalue weighted by molar-refractivity contribution is 6.06. The maximum atomic E-state index is 13.0. The quantitative estimate of drug-likeness (QED) is 0.259. The van der Waals surface area contributed by atoms with Crippen LogP contribution in [0.4, 0.5) is 5.69 Å². The largest absolute Gasteiger partial charge is 0.493 e. The van der Waals surface area contributed by atoms with Gasteiger partial charge in [0.1, 0.15) is 17.1 Å². The first kappa shape index (κ1) is 25.1.